The molecule has 1 unspecified atom stereocenters. The fraction of sp³-hybridized carbons (Fsp3) is 0.536. The Kier molecular flexibility index (Phi) is 7.31. The van der Waals surface area contributed by atoms with Crippen molar-refractivity contribution in [3.63, 3.8) is 0 Å². The second-order valence-electron chi connectivity index (χ2n) is 9.97. The lowest BCUT2D eigenvalue weighted by Crippen LogP contribution is -2.55. The largest absolute Gasteiger partial charge is 0.495 e. The molecule has 2 heterocycles. The molecule has 1 aliphatic carbocycles. The van der Waals surface area contributed by atoms with Crippen LogP contribution in [0.5, 0.6) is 5.75 Å². The molecule has 1 saturated heterocycles. The fourth-order valence-corrected chi connectivity index (χ4v) is 6.17. The summed E-state index contributed by atoms with van der Waals surface area (Å²) in [6, 6.07) is 14.6. The standard InChI is InChI=1S/C28H36ClN3O2/c1-34-27-14-12-23(29)19-26(27)31-17-15-30(16-18-31)20-24-13-11-21-7-5-6-10-25(21)32(24)28(33)22-8-3-2-4-9-22/h5-7,10,12,14,19,22,24H,2-4,8-9,11,13,15-18,20H2,1H3. The third kappa shape index (κ3) is 4.92. The van der Waals surface area contributed by atoms with Crippen LogP contribution in [0, 0.1) is 5.92 Å². The molecule has 1 amide bonds. The number of hydrogen-bond acceptors (Lipinski definition) is 4. The normalized spacial score (nSPS) is 21.9. The molecule has 5 nitrogen and oxygen atoms in total. The van der Waals surface area contributed by atoms with Gasteiger partial charge in [-0.2, -0.15) is 0 Å². The molecule has 0 spiro atoms. The second kappa shape index (κ2) is 10.6. The van der Waals surface area contributed by atoms with Gasteiger partial charge in [-0.1, -0.05) is 49.1 Å². The summed E-state index contributed by atoms with van der Waals surface area (Å²) in [4.78, 5) is 20.9. The lowest BCUT2D eigenvalue weighted by atomic mass is 9.86. The van der Waals surface area contributed by atoms with Crippen molar-refractivity contribution in [1.29, 1.82) is 0 Å². The maximum Gasteiger partial charge on any atom is 0.230 e. The van der Waals surface area contributed by atoms with Gasteiger partial charge in [0.1, 0.15) is 5.75 Å². The van der Waals surface area contributed by atoms with Crippen LogP contribution >= 0.6 is 11.6 Å². The van der Waals surface area contributed by atoms with Crippen LogP contribution in [0.25, 0.3) is 0 Å². The minimum absolute atomic E-state index is 0.189. The lowest BCUT2D eigenvalue weighted by molar-refractivity contribution is -0.124. The molecule has 2 aliphatic heterocycles. The molecule has 5 rings (SSSR count). The van der Waals surface area contributed by atoms with Crippen molar-refractivity contribution in [2.45, 2.75) is 51.0 Å². The van der Waals surface area contributed by atoms with Gasteiger partial charge >= 0.3 is 0 Å². The molecule has 182 valence electrons. The average molecular weight is 482 g/mol. The van der Waals surface area contributed by atoms with Crippen molar-refractivity contribution < 1.29 is 9.53 Å². The van der Waals surface area contributed by atoms with Gasteiger partial charge in [-0.3, -0.25) is 9.69 Å². The number of rotatable bonds is 5. The molecular formula is C28H36ClN3O2. The number of hydrogen-bond donors (Lipinski definition) is 0. The summed E-state index contributed by atoms with van der Waals surface area (Å²) in [6.07, 6.45) is 7.82. The summed E-state index contributed by atoms with van der Waals surface area (Å²) >= 11 is 6.27. The van der Waals surface area contributed by atoms with E-state index in [9.17, 15) is 4.79 Å². The number of anilines is 2. The number of ether oxygens (including phenoxy) is 1. The van der Waals surface area contributed by atoms with Crippen molar-refractivity contribution in [2.24, 2.45) is 5.92 Å². The van der Waals surface area contributed by atoms with E-state index in [-0.39, 0.29) is 12.0 Å². The van der Waals surface area contributed by atoms with E-state index in [0.717, 1.165) is 80.6 Å². The smallest absolute Gasteiger partial charge is 0.230 e. The predicted molar refractivity (Wildman–Crippen MR) is 139 cm³/mol. The highest BCUT2D eigenvalue weighted by Gasteiger charge is 2.36. The Bertz CT molecular complexity index is 999. The molecule has 2 aromatic rings. The summed E-state index contributed by atoms with van der Waals surface area (Å²) in [5.74, 6) is 1.42. The molecule has 1 saturated carbocycles. The first-order chi connectivity index (χ1) is 16.6. The van der Waals surface area contributed by atoms with Crippen molar-refractivity contribution in [2.75, 3.05) is 49.6 Å². The summed E-state index contributed by atoms with van der Waals surface area (Å²) < 4.78 is 5.58. The Morgan fingerprint density at radius 1 is 0.971 bits per heavy atom. The van der Waals surface area contributed by atoms with E-state index in [1.165, 1.54) is 24.8 Å². The summed E-state index contributed by atoms with van der Waals surface area (Å²) in [7, 11) is 1.71. The number of benzene rings is 2. The van der Waals surface area contributed by atoms with E-state index in [4.69, 9.17) is 16.3 Å². The van der Waals surface area contributed by atoms with Crippen LogP contribution in [0.3, 0.4) is 0 Å². The molecule has 3 aliphatic rings. The Labute approximate surface area is 208 Å². The number of carbonyl (C=O) groups excluding carboxylic acids is 1. The number of halogens is 1. The molecule has 2 aromatic carbocycles. The number of para-hydroxylation sites is 1. The summed E-state index contributed by atoms with van der Waals surface area (Å²) in [5.41, 5.74) is 3.53. The predicted octanol–water partition coefficient (Wildman–Crippen LogP) is 5.40. The molecule has 34 heavy (non-hydrogen) atoms. The third-order valence-corrected chi connectivity index (χ3v) is 8.11. The summed E-state index contributed by atoms with van der Waals surface area (Å²) in [5, 5.41) is 0.732. The van der Waals surface area contributed by atoms with E-state index in [2.05, 4.69) is 39.0 Å². The van der Waals surface area contributed by atoms with E-state index in [1.54, 1.807) is 7.11 Å². The van der Waals surface area contributed by atoms with Gasteiger partial charge in [0.25, 0.3) is 0 Å². The average Bonchev–Trinajstić information content (AvgIpc) is 2.89. The maximum absolute atomic E-state index is 13.8. The van der Waals surface area contributed by atoms with Gasteiger partial charge in [0.05, 0.1) is 12.8 Å². The zero-order chi connectivity index (χ0) is 23.5. The topological polar surface area (TPSA) is 36.0 Å². The number of methoxy groups -OCH3 is 1. The Hall–Kier alpha value is -2.24. The number of fused-ring (bicyclic) bond motifs is 1. The monoisotopic (exact) mass is 481 g/mol. The van der Waals surface area contributed by atoms with Gasteiger partial charge < -0.3 is 14.5 Å². The highest BCUT2D eigenvalue weighted by atomic mass is 35.5. The Morgan fingerprint density at radius 2 is 1.74 bits per heavy atom. The van der Waals surface area contributed by atoms with Crippen LogP contribution in [-0.4, -0.2) is 56.7 Å². The van der Waals surface area contributed by atoms with Gasteiger partial charge in [0.2, 0.25) is 5.91 Å². The zero-order valence-corrected chi connectivity index (χ0v) is 21.0. The van der Waals surface area contributed by atoms with Gasteiger partial charge in [-0.25, -0.2) is 0 Å². The van der Waals surface area contributed by atoms with Crippen molar-refractivity contribution >= 4 is 28.9 Å². The van der Waals surface area contributed by atoms with Crippen molar-refractivity contribution in [3.05, 3.63) is 53.1 Å². The first-order valence-electron chi connectivity index (χ1n) is 12.9. The Morgan fingerprint density at radius 3 is 2.50 bits per heavy atom. The number of amides is 1. The molecule has 1 atom stereocenters. The van der Waals surface area contributed by atoms with Crippen LogP contribution in [0.15, 0.2) is 42.5 Å². The molecule has 0 radical (unpaired) electrons. The molecule has 2 fully saturated rings. The number of piperazine rings is 1. The minimum Gasteiger partial charge on any atom is -0.495 e. The maximum atomic E-state index is 13.8. The molecule has 6 heteroatoms. The summed E-state index contributed by atoms with van der Waals surface area (Å²) in [6.45, 7) is 4.74. The quantitative estimate of drug-likeness (QED) is 0.573. The number of carbonyl (C=O) groups is 1. The van der Waals surface area contributed by atoms with E-state index < -0.39 is 0 Å². The fourth-order valence-electron chi connectivity index (χ4n) is 6.00. The van der Waals surface area contributed by atoms with E-state index in [0.29, 0.717) is 5.91 Å². The first-order valence-corrected chi connectivity index (χ1v) is 13.2. The Balaban J connectivity index is 1.29. The van der Waals surface area contributed by atoms with Crippen LogP contribution in [0.2, 0.25) is 5.02 Å². The van der Waals surface area contributed by atoms with E-state index >= 15 is 0 Å². The van der Waals surface area contributed by atoms with Crippen LogP contribution < -0.4 is 14.5 Å². The van der Waals surface area contributed by atoms with Crippen molar-refractivity contribution in [3.8, 4) is 5.75 Å². The molecular weight excluding hydrogens is 446 g/mol. The molecule has 0 aromatic heterocycles. The van der Waals surface area contributed by atoms with Crippen LogP contribution in [0.4, 0.5) is 11.4 Å². The van der Waals surface area contributed by atoms with Gasteiger partial charge in [-0.05, 0) is 55.5 Å². The number of aryl methyl sites for hydroxylation is 1. The van der Waals surface area contributed by atoms with Gasteiger partial charge in [0.15, 0.2) is 0 Å². The second-order valence-corrected chi connectivity index (χ2v) is 10.4. The van der Waals surface area contributed by atoms with Gasteiger partial charge in [0, 0.05) is 55.4 Å². The highest BCUT2D eigenvalue weighted by molar-refractivity contribution is 6.30. The SMILES string of the molecule is COc1ccc(Cl)cc1N1CCN(CC2CCc3ccccc3N2C(=O)C2CCCCC2)CC1. The highest BCUT2D eigenvalue weighted by Crippen LogP contribution is 2.36. The zero-order valence-electron chi connectivity index (χ0n) is 20.2. The molecule has 0 bridgehead atoms. The minimum atomic E-state index is 0.189. The number of nitrogens with zero attached hydrogens (tertiary/aromatic N) is 3. The van der Waals surface area contributed by atoms with Crippen molar-refractivity contribution in [1.82, 2.24) is 4.90 Å². The molecule has 0 N–H and O–H groups in total. The lowest BCUT2D eigenvalue weighted by Gasteiger charge is -2.44. The van der Waals surface area contributed by atoms with Crippen LogP contribution in [-0.2, 0) is 11.2 Å². The first kappa shape index (κ1) is 23.5. The van der Waals surface area contributed by atoms with E-state index in [1.807, 2.05) is 18.2 Å². The van der Waals surface area contributed by atoms with Crippen LogP contribution in [0.1, 0.15) is 44.1 Å². The third-order valence-electron chi connectivity index (χ3n) is 7.88. The van der Waals surface area contributed by atoms with Gasteiger partial charge in [-0.15, -0.1) is 0 Å².